The van der Waals surface area contributed by atoms with E-state index in [1.807, 2.05) is 31.2 Å². The van der Waals surface area contributed by atoms with E-state index in [9.17, 15) is 14.7 Å². The number of urea groups is 1. The van der Waals surface area contributed by atoms with E-state index in [0.29, 0.717) is 12.8 Å². The van der Waals surface area contributed by atoms with Crippen molar-refractivity contribution in [3.63, 3.8) is 0 Å². The summed E-state index contributed by atoms with van der Waals surface area (Å²) in [4.78, 5) is 23.1. The van der Waals surface area contributed by atoms with Gasteiger partial charge in [0.25, 0.3) is 0 Å². The van der Waals surface area contributed by atoms with Crippen LogP contribution in [0.5, 0.6) is 0 Å². The van der Waals surface area contributed by atoms with Gasteiger partial charge in [-0.3, -0.25) is 4.79 Å². The van der Waals surface area contributed by atoms with Crippen LogP contribution in [-0.2, 0) is 4.79 Å². The summed E-state index contributed by atoms with van der Waals surface area (Å²) in [6.45, 7) is 2.07. The summed E-state index contributed by atoms with van der Waals surface area (Å²) in [6.07, 6.45) is 2.16. The molecule has 1 unspecified atom stereocenters. The van der Waals surface area contributed by atoms with Crippen LogP contribution in [-0.4, -0.2) is 23.7 Å². The highest BCUT2D eigenvalue weighted by Crippen LogP contribution is 2.40. The fourth-order valence-electron chi connectivity index (χ4n) is 2.43. The number of carbonyl (C=O) groups excluding carboxylic acids is 1. The van der Waals surface area contributed by atoms with Crippen molar-refractivity contribution in [3.05, 3.63) is 34.3 Å². The van der Waals surface area contributed by atoms with Crippen LogP contribution in [0, 0.1) is 5.41 Å². The lowest BCUT2D eigenvalue weighted by Gasteiger charge is -2.37. The number of carboxylic acids is 1. The van der Waals surface area contributed by atoms with Gasteiger partial charge in [0.15, 0.2) is 0 Å². The quantitative estimate of drug-likeness (QED) is 0.760. The molecule has 1 fully saturated rings. The minimum Gasteiger partial charge on any atom is -0.481 e. The smallest absolute Gasteiger partial charge is 0.315 e. The lowest BCUT2D eigenvalue weighted by atomic mass is 9.69. The van der Waals surface area contributed by atoms with Crippen LogP contribution < -0.4 is 10.6 Å². The highest BCUT2D eigenvalue weighted by atomic mass is 79.9. The van der Waals surface area contributed by atoms with E-state index in [1.54, 1.807) is 0 Å². The van der Waals surface area contributed by atoms with E-state index in [0.717, 1.165) is 16.5 Å². The number of halogens is 1. The third-order valence-electron chi connectivity index (χ3n) is 4.05. The standard InChI is InChI=1S/C15H19BrN2O3/c1-10(11-4-2-5-12(16)8-11)18-14(21)17-9-15(13(19)20)6-3-7-15/h2,4-5,8,10H,3,6-7,9H2,1H3,(H,19,20)(H2,17,18,21). The van der Waals surface area contributed by atoms with Gasteiger partial charge in [-0.05, 0) is 37.5 Å². The monoisotopic (exact) mass is 354 g/mol. The van der Waals surface area contributed by atoms with Crippen molar-refractivity contribution >= 4 is 27.9 Å². The summed E-state index contributed by atoms with van der Waals surface area (Å²) in [5.41, 5.74) is 0.215. The molecule has 1 aliphatic carbocycles. The Morgan fingerprint density at radius 2 is 2.14 bits per heavy atom. The third kappa shape index (κ3) is 3.75. The molecule has 1 atom stereocenters. The highest BCUT2D eigenvalue weighted by Gasteiger charge is 2.44. The molecule has 5 nitrogen and oxygen atoms in total. The van der Waals surface area contributed by atoms with E-state index >= 15 is 0 Å². The number of hydrogen-bond acceptors (Lipinski definition) is 2. The number of benzene rings is 1. The van der Waals surface area contributed by atoms with Crippen molar-refractivity contribution < 1.29 is 14.7 Å². The first kappa shape index (κ1) is 15.8. The molecule has 1 aromatic carbocycles. The molecule has 0 saturated heterocycles. The molecule has 2 amide bonds. The Morgan fingerprint density at radius 1 is 1.43 bits per heavy atom. The molecule has 0 aliphatic heterocycles. The number of carbonyl (C=O) groups is 2. The van der Waals surface area contributed by atoms with Crippen molar-refractivity contribution in [1.82, 2.24) is 10.6 Å². The zero-order valence-corrected chi connectivity index (χ0v) is 13.4. The van der Waals surface area contributed by atoms with Gasteiger partial charge in [-0.1, -0.05) is 34.5 Å². The van der Waals surface area contributed by atoms with Gasteiger partial charge in [-0.2, -0.15) is 0 Å². The largest absolute Gasteiger partial charge is 0.481 e. The molecule has 1 aromatic rings. The molecule has 114 valence electrons. The SMILES string of the molecule is CC(NC(=O)NCC1(C(=O)O)CCC1)c1cccc(Br)c1. The predicted molar refractivity (Wildman–Crippen MR) is 83.0 cm³/mol. The van der Waals surface area contributed by atoms with Gasteiger partial charge in [-0.25, -0.2) is 4.79 Å². The molecule has 0 bridgehead atoms. The second kappa shape index (κ2) is 6.47. The lowest BCUT2D eigenvalue weighted by Crippen LogP contribution is -2.50. The maximum Gasteiger partial charge on any atom is 0.315 e. The van der Waals surface area contributed by atoms with E-state index in [2.05, 4.69) is 26.6 Å². The molecule has 0 heterocycles. The molecule has 2 rings (SSSR count). The Bertz CT molecular complexity index is 543. The zero-order chi connectivity index (χ0) is 15.5. The molecule has 21 heavy (non-hydrogen) atoms. The number of nitrogens with one attached hydrogen (secondary N) is 2. The van der Waals surface area contributed by atoms with Gasteiger partial charge in [0, 0.05) is 11.0 Å². The molecular formula is C15H19BrN2O3. The molecule has 0 radical (unpaired) electrons. The molecule has 6 heteroatoms. The first-order chi connectivity index (χ1) is 9.93. The Morgan fingerprint density at radius 3 is 2.67 bits per heavy atom. The molecule has 0 spiro atoms. The maximum atomic E-state index is 11.9. The predicted octanol–water partition coefficient (Wildman–Crippen LogP) is 3.06. The summed E-state index contributed by atoms with van der Waals surface area (Å²) < 4.78 is 0.952. The van der Waals surface area contributed by atoms with E-state index in [1.165, 1.54) is 0 Å². The van der Waals surface area contributed by atoms with Crippen molar-refractivity contribution in [3.8, 4) is 0 Å². The van der Waals surface area contributed by atoms with E-state index in [4.69, 9.17) is 0 Å². The Labute approximate surface area is 132 Å². The van der Waals surface area contributed by atoms with Crippen LogP contribution in [0.2, 0.25) is 0 Å². The van der Waals surface area contributed by atoms with Crippen LogP contribution in [0.3, 0.4) is 0 Å². The Kier molecular flexibility index (Phi) is 4.88. The molecule has 3 N–H and O–H groups in total. The lowest BCUT2D eigenvalue weighted by molar-refractivity contribution is -0.153. The van der Waals surface area contributed by atoms with Gasteiger partial charge in [-0.15, -0.1) is 0 Å². The molecular weight excluding hydrogens is 336 g/mol. The van der Waals surface area contributed by atoms with Gasteiger partial charge < -0.3 is 15.7 Å². The van der Waals surface area contributed by atoms with Crippen LogP contribution in [0.15, 0.2) is 28.7 Å². The van der Waals surface area contributed by atoms with Crippen molar-refractivity contribution in [2.45, 2.75) is 32.2 Å². The summed E-state index contributed by atoms with van der Waals surface area (Å²) in [5, 5.41) is 14.7. The number of hydrogen-bond donors (Lipinski definition) is 3. The van der Waals surface area contributed by atoms with Crippen LogP contribution in [0.1, 0.15) is 37.8 Å². The summed E-state index contributed by atoms with van der Waals surface area (Å²) in [7, 11) is 0. The minimum absolute atomic E-state index is 0.148. The molecule has 0 aromatic heterocycles. The van der Waals surface area contributed by atoms with Crippen LogP contribution in [0.25, 0.3) is 0 Å². The van der Waals surface area contributed by atoms with E-state index in [-0.39, 0.29) is 18.6 Å². The average Bonchev–Trinajstić information content (AvgIpc) is 2.36. The maximum absolute atomic E-state index is 11.9. The average molecular weight is 355 g/mol. The number of carboxylic acid groups (broad SMARTS) is 1. The van der Waals surface area contributed by atoms with E-state index < -0.39 is 11.4 Å². The fourth-order valence-corrected chi connectivity index (χ4v) is 2.84. The van der Waals surface area contributed by atoms with Crippen molar-refractivity contribution in [1.29, 1.82) is 0 Å². The van der Waals surface area contributed by atoms with Crippen molar-refractivity contribution in [2.75, 3.05) is 6.54 Å². The van der Waals surface area contributed by atoms with Gasteiger partial charge in [0.2, 0.25) is 0 Å². The second-order valence-corrected chi connectivity index (χ2v) is 6.46. The first-order valence-electron chi connectivity index (χ1n) is 6.96. The van der Waals surface area contributed by atoms with Gasteiger partial charge >= 0.3 is 12.0 Å². The van der Waals surface area contributed by atoms with Crippen molar-refractivity contribution in [2.24, 2.45) is 5.41 Å². The minimum atomic E-state index is -0.825. The Hall–Kier alpha value is -1.56. The number of rotatable bonds is 5. The van der Waals surface area contributed by atoms with Gasteiger partial charge in [0.05, 0.1) is 11.5 Å². The van der Waals surface area contributed by atoms with Crippen LogP contribution in [0.4, 0.5) is 4.79 Å². The number of aliphatic carboxylic acids is 1. The third-order valence-corrected chi connectivity index (χ3v) is 4.54. The summed E-state index contributed by atoms with van der Waals surface area (Å²) in [5.74, 6) is -0.825. The second-order valence-electron chi connectivity index (χ2n) is 5.54. The first-order valence-corrected chi connectivity index (χ1v) is 7.75. The highest BCUT2D eigenvalue weighted by molar-refractivity contribution is 9.10. The fraction of sp³-hybridized carbons (Fsp3) is 0.467. The van der Waals surface area contributed by atoms with Gasteiger partial charge in [0.1, 0.15) is 0 Å². The summed E-state index contributed by atoms with van der Waals surface area (Å²) >= 11 is 3.39. The zero-order valence-electron chi connectivity index (χ0n) is 11.9. The molecule has 1 saturated carbocycles. The Balaban J connectivity index is 1.86. The summed E-state index contributed by atoms with van der Waals surface area (Å²) in [6, 6.07) is 7.21. The number of amides is 2. The van der Waals surface area contributed by atoms with Crippen LogP contribution >= 0.6 is 15.9 Å². The topological polar surface area (TPSA) is 78.4 Å². The molecule has 1 aliphatic rings. The normalized spacial score (nSPS) is 17.4.